The number of carbonyl (C=O) groups is 1. The summed E-state index contributed by atoms with van der Waals surface area (Å²) >= 11 is 0. The molecule has 160 valence electrons. The molecule has 0 aliphatic carbocycles. The molecule has 0 aromatic rings. The molecule has 2 aliphatic heterocycles. The van der Waals surface area contributed by atoms with E-state index >= 15 is 0 Å². The van der Waals surface area contributed by atoms with Gasteiger partial charge in [-0.2, -0.15) is 0 Å². The molecule has 8 N–H and O–H groups in total. The van der Waals surface area contributed by atoms with Crippen LogP contribution in [0.1, 0.15) is 0 Å². The Balaban J connectivity index is 0.00000133. The molecule has 0 aromatic heterocycles. The first-order valence-electron chi connectivity index (χ1n) is 7.69. The van der Waals surface area contributed by atoms with Crippen molar-refractivity contribution in [2.24, 2.45) is 0 Å². The van der Waals surface area contributed by atoms with E-state index in [0.717, 1.165) is 0 Å². The van der Waals surface area contributed by atoms with Crippen LogP contribution in [0.3, 0.4) is 0 Å². The first kappa shape index (κ1) is 28.1. The maximum Gasteiger partial charge on any atom is 2.00 e. The average Bonchev–Trinajstić information content (AvgIpc) is 2.61. The quantitative estimate of drug-likeness (QED) is 0.188. The average molecular weight is 442 g/mol. The van der Waals surface area contributed by atoms with Crippen molar-refractivity contribution < 1.29 is 70.1 Å². The number of ether oxygens (including phenoxy) is 3. The number of hydrogen-bond acceptors (Lipinski definition) is 14. The maximum atomic E-state index is 9.94. The van der Waals surface area contributed by atoms with Crippen molar-refractivity contribution in [2.45, 2.75) is 61.4 Å². The summed E-state index contributed by atoms with van der Waals surface area (Å²) in [5.74, 6) is 0. The van der Waals surface area contributed by atoms with E-state index in [0.29, 0.717) is 0 Å². The molecule has 1 unspecified atom stereocenters. The second-order valence-corrected chi connectivity index (χ2v) is 5.78. The van der Waals surface area contributed by atoms with E-state index in [4.69, 9.17) is 34.3 Å². The molecule has 2 saturated heterocycles. The normalized spacial score (nSPS) is 43.3. The monoisotopic (exact) mass is 442 g/mol. The van der Waals surface area contributed by atoms with Gasteiger partial charge in [0.1, 0.15) is 48.8 Å². The molecule has 15 heteroatoms. The Kier molecular flexibility index (Phi) is 12.8. The summed E-state index contributed by atoms with van der Waals surface area (Å²) in [6, 6.07) is 0. The van der Waals surface area contributed by atoms with E-state index in [1.165, 1.54) is 0 Å². The van der Waals surface area contributed by atoms with Crippen LogP contribution < -0.4 is 10.2 Å². The van der Waals surface area contributed by atoms with Crippen molar-refractivity contribution >= 4 is 43.9 Å². The number of carboxylic acid groups (broad SMARTS) is 2. The van der Waals surface area contributed by atoms with Gasteiger partial charge in [0.2, 0.25) is 0 Å². The third kappa shape index (κ3) is 7.10. The van der Waals surface area contributed by atoms with Crippen LogP contribution in [0.15, 0.2) is 0 Å². The minimum atomic E-state index is -2.33. The summed E-state index contributed by atoms with van der Waals surface area (Å²) in [7, 11) is 0. The van der Waals surface area contributed by atoms with Gasteiger partial charge in [0, 0.05) is 0 Å². The third-order valence-electron chi connectivity index (χ3n) is 3.98. The fourth-order valence-corrected chi connectivity index (χ4v) is 2.57. The third-order valence-corrected chi connectivity index (χ3v) is 3.98. The molecule has 2 rings (SSSR count). The minimum absolute atomic E-state index is 0. The standard InChI is InChI=1S/C12H22O11.CH2O3.Ca/c13-1-3-5(15)6(16)9(19)12(22-3)23-10-4(2-14)21-11(20)8(18)7(10)17;2-1(3)4;/h3-20H,1-2H2;(H2,2,3,4);/q;;+2/p-2/t3-,4-,5+,6+,7-,8-,9-,10-,11?,12+;;/m1../s1. The van der Waals surface area contributed by atoms with Gasteiger partial charge in [-0.25, -0.2) is 0 Å². The van der Waals surface area contributed by atoms with Crippen LogP contribution in [0.25, 0.3) is 0 Å². The van der Waals surface area contributed by atoms with Gasteiger partial charge in [-0.3, -0.25) is 0 Å². The molecule has 2 aliphatic rings. The van der Waals surface area contributed by atoms with Crippen LogP contribution in [0.5, 0.6) is 0 Å². The van der Waals surface area contributed by atoms with Crippen LogP contribution in [0.4, 0.5) is 4.79 Å². The van der Waals surface area contributed by atoms with Gasteiger partial charge in [0.15, 0.2) is 12.6 Å². The van der Waals surface area contributed by atoms with Crippen LogP contribution >= 0.6 is 0 Å². The summed E-state index contributed by atoms with van der Waals surface area (Å²) in [4.78, 5) is 8.33. The number of carbonyl (C=O) groups excluding carboxylic acids is 1. The van der Waals surface area contributed by atoms with Crippen molar-refractivity contribution in [3.63, 3.8) is 0 Å². The van der Waals surface area contributed by atoms with Crippen molar-refractivity contribution in [2.75, 3.05) is 13.2 Å². The second kappa shape index (κ2) is 12.7. The second-order valence-electron chi connectivity index (χ2n) is 5.78. The molecular weight excluding hydrogens is 420 g/mol. The zero-order valence-electron chi connectivity index (χ0n) is 14.4. The molecule has 0 bridgehead atoms. The molecule has 2 fully saturated rings. The molecule has 2 heterocycles. The predicted molar refractivity (Wildman–Crippen MR) is 79.8 cm³/mol. The Labute approximate surface area is 188 Å². The first-order valence-corrected chi connectivity index (χ1v) is 7.69. The summed E-state index contributed by atoms with van der Waals surface area (Å²) in [5.41, 5.74) is 0. The Morgan fingerprint density at radius 1 is 0.786 bits per heavy atom. The van der Waals surface area contributed by atoms with Crippen LogP contribution in [-0.4, -0.2) is 159 Å². The molecule has 0 radical (unpaired) electrons. The molecule has 10 atom stereocenters. The van der Waals surface area contributed by atoms with Crippen LogP contribution in [-0.2, 0) is 14.2 Å². The Hall–Kier alpha value is 0.0897. The van der Waals surface area contributed by atoms with E-state index < -0.39 is 80.8 Å². The SMILES string of the molecule is O=C([O-])[O-].OC[C@H]1O[C@@H](O[C@H]2[C@H](O)[C@@H](O)C(O)O[C@@H]2CO)[C@H](O)[C@@H](O)[C@H]1O.[Ca+2]. The van der Waals surface area contributed by atoms with E-state index in [1.807, 2.05) is 0 Å². The van der Waals surface area contributed by atoms with E-state index in [1.54, 1.807) is 0 Å². The predicted octanol–water partition coefficient (Wildman–Crippen LogP) is -8.22. The molecular formula is C13H22CaO14. The van der Waals surface area contributed by atoms with Gasteiger partial charge in [-0.1, -0.05) is 0 Å². The van der Waals surface area contributed by atoms with Gasteiger partial charge < -0.3 is 70.1 Å². The zero-order chi connectivity index (χ0) is 20.9. The number of rotatable bonds is 4. The number of hydrogen-bond donors (Lipinski definition) is 8. The van der Waals surface area contributed by atoms with Gasteiger partial charge >= 0.3 is 37.7 Å². The summed E-state index contributed by atoms with van der Waals surface area (Å²) in [5, 5.41) is 93.2. The Morgan fingerprint density at radius 2 is 1.29 bits per heavy atom. The van der Waals surface area contributed by atoms with Crippen molar-refractivity contribution in [1.29, 1.82) is 0 Å². The van der Waals surface area contributed by atoms with Gasteiger partial charge in [0.05, 0.1) is 13.2 Å². The maximum absolute atomic E-state index is 9.94. The van der Waals surface area contributed by atoms with Gasteiger partial charge in [0.25, 0.3) is 0 Å². The number of aliphatic hydroxyl groups excluding tert-OH is 8. The molecule has 0 spiro atoms. The number of aliphatic hydroxyl groups is 8. The van der Waals surface area contributed by atoms with Crippen molar-refractivity contribution in [3.05, 3.63) is 0 Å². The Morgan fingerprint density at radius 3 is 1.75 bits per heavy atom. The Bertz CT molecular complexity index is 461. The minimum Gasteiger partial charge on any atom is -0.652 e. The van der Waals surface area contributed by atoms with Crippen LogP contribution in [0, 0.1) is 0 Å². The van der Waals surface area contributed by atoms with E-state index in [2.05, 4.69) is 0 Å². The zero-order valence-corrected chi connectivity index (χ0v) is 16.6. The smallest absolute Gasteiger partial charge is 0.652 e. The fraction of sp³-hybridized carbons (Fsp3) is 0.923. The molecule has 14 nitrogen and oxygen atoms in total. The summed E-state index contributed by atoms with van der Waals surface area (Å²) < 4.78 is 15.3. The van der Waals surface area contributed by atoms with Crippen molar-refractivity contribution in [1.82, 2.24) is 0 Å². The molecule has 0 amide bonds. The molecule has 0 saturated carbocycles. The summed E-state index contributed by atoms with van der Waals surface area (Å²) in [6.07, 6.45) is -17.9. The summed E-state index contributed by atoms with van der Waals surface area (Å²) in [6.45, 7) is -1.35. The van der Waals surface area contributed by atoms with E-state index in [9.17, 15) is 35.7 Å². The van der Waals surface area contributed by atoms with E-state index in [-0.39, 0.29) is 37.7 Å². The topological polar surface area (TPSA) is 253 Å². The molecule has 28 heavy (non-hydrogen) atoms. The fourth-order valence-electron chi connectivity index (χ4n) is 2.57. The largest absolute Gasteiger partial charge is 2.00 e. The first-order chi connectivity index (χ1) is 12.5. The van der Waals surface area contributed by atoms with Gasteiger partial charge in [-0.15, -0.1) is 0 Å². The van der Waals surface area contributed by atoms with Gasteiger partial charge in [-0.05, 0) is 6.16 Å². The molecule has 0 aromatic carbocycles. The van der Waals surface area contributed by atoms with Crippen molar-refractivity contribution in [3.8, 4) is 0 Å². The van der Waals surface area contributed by atoms with Crippen LogP contribution in [0.2, 0.25) is 0 Å².